The van der Waals surface area contributed by atoms with Gasteiger partial charge in [-0.25, -0.2) is 19.7 Å². The molecule has 0 bridgehead atoms. The largest absolute Gasteiger partial charge is 0.443 e. The molecule has 1 fully saturated rings. The molecule has 11 heteroatoms. The van der Waals surface area contributed by atoms with E-state index in [1.165, 1.54) is 11.2 Å². The molecular formula is C30H42ClN7O3. The first-order chi connectivity index (χ1) is 19.6. The lowest BCUT2D eigenvalue weighted by Gasteiger charge is -2.46. The van der Waals surface area contributed by atoms with Gasteiger partial charge in [0.05, 0.1) is 5.39 Å². The van der Waals surface area contributed by atoms with Crippen LogP contribution < -0.4 is 15.1 Å². The number of rotatable bonds is 10. The van der Waals surface area contributed by atoms with Crippen LogP contribution in [0, 0.1) is 0 Å². The Bertz CT molecular complexity index is 1310. The van der Waals surface area contributed by atoms with Gasteiger partial charge in [-0.2, -0.15) is 0 Å². The number of halogens is 1. The van der Waals surface area contributed by atoms with Gasteiger partial charge in [0.1, 0.15) is 23.1 Å². The van der Waals surface area contributed by atoms with E-state index < -0.39 is 17.2 Å². The number of nitrogens with zero attached hydrogens (tertiary/aromatic N) is 5. The molecule has 2 aromatic heterocycles. The number of anilines is 2. The van der Waals surface area contributed by atoms with Crippen LogP contribution in [-0.2, 0) is 9.53 Å². The van der Waals surface area contributed by atoms with E-state index in [0.29, 0.717) is 54.3 Å². The topological polar surface area (TPSA) is 107 Å². The smallest absolute Gasteiger partial charge is 0.417 e. The molecule has 1 aromatic carbocycles. The van der Waals surface area contributed by atoms with Gasteiger partial charge in [0, 0.05) is 23.5 Å². The molecule has 0 spiro atoms. The van der Waals surface area contributed by atoms with Gasteiger partial charge in [-0.1, -0.05) is 25.4 Å². The van der Waals surface area contributed by atoms with Crippen LogP contribution in [-0.4, -0.2) is 82.3 Å². The SMILES string of the molecule is CCN(CC)CCCN(C(=O)C1(N(C(=O)OC(C)(C)C)c2ncnc3[nH]ccc23)CCNCC1)c1ccc(Cl)cc1. The number of aromatic amines is 1. The van der Waals surface area contributed by atoms with E-state index in [-0.39, 0.29) is 5.91 Å². The van der Waals surface area contributed by atoms with Gasteiger partial charge in [-0.3, -0.25) is 4.79 Å². The van der Waals surface area contributed by atoms with E-state index in [9.17, 15) is 4.79 Å². The van der Waals surface area contributed by atoms with Gasteiger partial charge >= 0.3 is 6.09 Å². The van der Waals surface area contributed by atoms with E-state index in [1.54, 1.807) is 23.2 Å². The van der Waals surface area contributed by atoms with Gasteiger partial charge in [0.2, 0.25) is 0 Å². The van der Waals surface area contributed by atoms with E-state index in [0.717, 1.165) is 31.7 Å². The predicted octanol–water partition coefficient (Wildman–Crippen LogP) is 5.24. The minimum atomic E-state index is -1.25. The molecule has 10 nitrogen and oxygen atoms in total. The molecule has 0 atom stereocenters. The Morgan fingerprint density at radius 1 is 1.02 bits per heavy atom. The fourth-order valence-electron chi connectivity index (χ4n) is 5.39. The number of ether oxygens (including phenoxy) is 1. The maximum atomic E-state index is 15.0. The molecule has 1 saturated heterocycles. The summed E-state index contributed by atoms with van der Waals surface area (Å²) in [4.78, 5) is 46.8. The number of carbonyl (C=O) groups is 2. The van der Waals surface area contributed by atoms with Crippen molar-refractivity contribution in [2.75, 3.05) is 49.1 Å². The lowest BCUT2D eigenvalue weighted by atomic mass is 9.84. The van der Waals surface area contributed by atoms with E-state index >= 15 is 4.79 Å². The first kappa shape index (κ1) is 30.7. The van der Waals surface area contributed by atoms with Crippen molar-refractivity contribution in [1.29, 1.82) is 0 Å². The summed E-state index contributed by atoms with van der Waals surface area (Å²) in [7, 11) is 0. The van der Waals surface area contributed by atoms with Gasteiger partial charge in [0.15, 0.2) is 5.82 Å². The third-order valence-corrected chi connectivity index (χ3v) is 7.76. The van der Waals surface area contributed by atoms with E-state index in [4.69, 9.17) is 16.3 Å². The third-order valence-electron chi connectivity index (χ3n) is 7.51. The van der Waals surface area contributed by atoms with Crippen molar-refractivity contribution < 1.29 is 14.3 Å². The second-order valence-corrected chi connectivity index (χ2v) is 11.8. The Morgan fingerprint density at radius 3 is 2.34 bits per heavy atom. The molecule has 41 heavy (non-hydrogen) atoms. The molecule has 4 rings (SSSR count). The number of aromatic nitrogens is 3. The second-order valence-electron chi connectivity index (χ2n) is 11.3. The molecule has 3 aromatic rings. The number of amides is 2. The van der Waals surface area contributed by atoms with Gasteiger partial charge < -0.3 is 24.8 Å². The van der Waals surface area contributed by atoms with Crippen LogP contribution >= 0.6 is 11.6 Å². The fourth-order valence-corrected chi connectivity index (χ4v) is 5.52. The molecule has 0 unspecified atom stereocenters. The van der Waals surface area contributed by atoms with Crippen molar-refractivity contribution in [2.24, 2.45) is 0 Å². The van der Waals surface area contributed by atoms with Crippen LogP contribution in [0.1, 0.15) is 53.9 Å². The summed E-state index contributed by atoms with van der Waals surface area (Å²) in [6.45, 7) is 14.1. The minimum absolute atomic E-state index is 0.172. The van der Waals surface area contributed by atoms with E-state index in [2.05, 4.69) is 39.0 Å². The minimum Gasteiger partial charge on any atom is -0.443 e. The zero-order valence-corrected chi connectivity index (χ0v) is 25.5. The molecule has 1 aliphatic rings. The summed E-state index contributed by atoms with van der Waals surface area (Å²) in [6.07, 6.45) is 4.09. The highest BCUT2D eigenvalue weighted by molar-refractivity contribution is 6.30. The second kappa shape index (κ2) is 13.2. The van der Waals surface area contributed by atoms with Crippen molar-refractivity contribution in [3.05, 3.63) is 47.9 Å². The Labute approximate surface area is 247 Å². The summed E-state index contributed by atoms with van der Waals surface area (Å²) < 4.78 is 5.95. The first-order valence-corrected chi connectivity index (χ1v) is 14.8. The lowest BCUT2D eigenvalue weighted by Crippen LogP contribution is -2.66. The van der Waals surface area contributed by atoms with Crippen LogP contribution in [0.25, 0.3) is 11.0 Å². The summed E-state index contributed by atoms with van der Waals surface area (Å²) in [5, 5.41) is 4.60. The van der Waals surface area contributed by atoms with Crippen molar-refractivity contribution in [2.45, 2.75) is 65.0 Å². The number of nitrogens with one attached hydrogen (secondary N) is 2. The number of piperidine rings is 1. The highest BCUT2D eigenvalue weighted by Crippen LogP contribution is 2.38. The van der Waals surface area contributed by atoms with Crippen molar-refractivity contribution >= 4 is 46.1 Å². The number of carbonyl (C=O) groups excluding carboxylic acids is 2. The molecular weight excluding hydrogens is 542 g/mol. The zero-order chi connectivity index (χ0) is 29.6. The Kier molecular flexibility index (Phi) is 9.88. The van der Waals surface area contributed by atoms with E-state index in [1.807, 2.05) is 39.0 Å². The highest BCUT2D eigenvalue weighted by Gasteiger charge is 2.52. The average Bonchev–Trinajstić information content (AvgIpc) is 3.43. The van der Waals surface area contributed by atoms with Gasteiger partial charge in [-0.05, 0) is 103 Å². The highest BCUT2D eigenvalue weighted by atomic mass is 35.5. The lowest BCUT2D eigenvalue weighted by molar-refractivity contribution is -0.125. The summed E-state index contributed by atoms with van der Waals surface area (Å²) >= 11 is 6.23. The van der Waals surface area contributed by atoms with Crippen molar-refractivity contribution in [3.63, 3.8) is 0 Å². The first-order valence-electron chi connectivity index (χ1n) is 14.4. The molecule has 0 radical (unpaired) electrons. The summed E-state index contributed by atoms with van der Waals surface area (Å²) in [6, 6.07) is 9.12. The standard InChI is InChI=1S/C30H42ClN7O3/c1-6-36(7-2)19-8-20-37(23-11-9-22(31)10-12-23)27(39)30(14-17-32-18-15-30)38(28(40)41-29(3,4)5)26-24-13-16-33-25(24)34-21-35-26/h9-13,16,21,32H,6-8,14-15,17-20H2,1-5H3,(H,33,34,35). The third kappa shape index (κ3) is 6.99. The molecule has 0 saturated carbocycles. The monoisotopic (exact) mass is 583 g/mol. The number of fused-ring (bicyclic) bond motifs is 1. The summed E-state index contributed by atoms with van der Waals surface area (Å²) in [5.74, 6) is 0.175. The quantitative estimate of drug-likeness (QED) is 0.336. The van der Waals surface area contributed by atoms with Crippen LogP contribution in [0.2, 0.25) is 5.02 Å². The Morgan fingerprint density at radius 2 is 1.71 bits per heavy atom. The zero-order valence-electron chi connectivity index (χ0n) is 24.7. The maximum Gasteiger partial charge on any atom is 0.417 e. The molecule has 3 heterocycles. The maximum absolute atomic E-state index is 15.0. The average molecular weight is 584 g/mol. The number of benzene rings is 1. The van der Waals surface area contributed by atoms with Crippen LogP contribution in [0.4, 0.5) is 16.3 Å². The van der Waals surface area contributed by atoms with Crippen molar-refractivity contribution in [3.8, 4) is 0 Å². The Hall–Kier alpha value is -3.21. The predicted molar refractivity (Wildman–Crippen MR) is 164 cm³/mol. The Balaban J connectivity index is 1.84. The van der Waals surface area contributed by atoms with Gasteiger partial charge in [-0.15, -0.1) is 0 Å². The number of H-pyrrole nitrogens is 1. The number of hydrogen-bond donors (Lipinski definition) is 2. The van der Waals surface area contributed by atoms with Crippen molar-refractivity contribution in [1.82, 2.24) is 25.2 Å². The number of hydrogen-bond acceptors (Lipinski definition) is 7. The van der Waals surface area contributed by atoms with Crippen LogP contribution in [0.5, 0.6) is 0 Å². The fraction of sp³-hybridized carbons (Fsp3) is 0.533. The summed E-state index contributed by atoms with van der Waals surface area (Å²) in [5.41, 5.74) is -0.721. The normalized spacial score (nSPS) is 15.2. The molecule has 2 amide bonds. The van der Waals surface area contributed by atoms with Crippen LogP contribution in [0.3, 0.4) is 0 Å². The van der Waals surface area contributed by atoms with Gasteiger partial charge in [0.25, 0.3) is 5.91 Å². The molecule has 0 aliphatic carbocycles. The molecule has 222 valence electrons. The van der Waals surface area contributed by atoms with Crippen LogP contribution in [0.15, 0.2) is 42.9 Å². The molecule has 2 N–H and O–H groups in total. The molecule has 1 aliphatic heterocycles.